The van der Waals surface area contributed by atoms with E-state index in [2.05, 4.69) is 21.7 Å². The molecule has 2 aromatic carbocycles. The van der Waals surface area contributed by atoms with E-state index in [1.54, 1.807) is 0 Å². The number of rotatable bonds is 4. The van der Waals surface area contributed by atoms with Crippen molar-refractivity contribution in [1.29, 1.82) is 0 Å². The van der Waals surface area contributed by atoms with Gasteiger partial charge in [-0.15, -0.1) is 0 Å². The lowest BCUT2D eigenvalue weighted by atomic mass is 9.91. The summed E-state index contributed by atoms with van der Waals surface area (Å²) in [7, 11) is 0. The van der Waals surface area contributed by atoms with E-state index in [0.29, 0.717) is 0 Å². The number of halogens is 2. The highest BCUT2D eigenvalue weighted by atomic mass is 19.1. The van der Waals surface area contributed by atoms with Crippen molar-refractivity contribution >= 4 is 22.6 Å². The summed E-state index contributed by atoms with van der Waals surface area (Å²) in [5.74, 6) is -1.09. The van der Waals surface area contributed by atoms with Crippen LogP contribution in [0.4, 0.5) is 14.6 Å². The SMILES string of the molecule is O=C(NC1CCC(Nc2ccc3ccccc3n2)CC1)c1cc(F)cc(F)c1. The minimum atomic E-state index is -0.749. The van der Waals surface area contributed by atoms with Gasteiger partial charge < -0.3 is 10.6 Å². The molecule has 4 rings (SSSR count). The third kappa shape index (κ3) is 4.27. The van der Waals surface area contributed by atoms with Gasteiger partial charge in [0.05, 0.1) is 5.52 Å². The average Bonchev–Trinajstić information content (AvgIpc) is 2.68. The van der Waals surface area contributed by atoms with Gasteiger partial charge in [-0.1, -0.05) is 18.2 Å². The number of para-hydroxylation sites is 1. The summed E-state index contributed by atoms with van der Waals surface area (Å²) in [6, 6.07) is 15.2. The number of nitrogens with zero attached hydrogens (tertiary/aromatic N) is 1. The van der Waals surface area contributed by atoms with Crippen molar-refractivity contribution < 1.29 is 13.6 Å². The second-order valence-electron chi connectivity index (χ2n) is 7.21. The molecule has 6 heteroatoms. The molecule has 1 amide bonds. The molecule has 0 bridgehead atoms. The normalized spacial score (nSPS) is 19.4. The summed E-state index contributed by atoms with van der Waals surface area (Å²) in [4.78, 5) is 16.9. The second-order valence-corrected chi connectivity index (χ2v) is 7.21. The number of amides is 1. The molecule has 3 aromatic rings. The molecule has 28 heavy (non-hydrogen) atoms. The summed E-state index contributed by atoms with van der Waals surface area (Å²) in [5.41, 5.74) is 0.967. The molecule has 0 saturated heterocycles. The molecule has 1 aliphatic carbocycles. The standard InChI is InChI=1S/C22H21F2N3O/c23-16-11-15(12-17(24)13-16)22(28)26-19-8-6-18(7-9-19)25-21-10-5-14-3-1-2-4-20(14)27-21/h1-5,10-13,18-19H,6-9H2,(H,25,27)(H,26,28). The van der Waals surface area contributed by atoms with Gasteiger partial charge in [0.25, 0.3) is 5.91 Å². The maximum absolute atomic E-state index is 13.3. The summed E-state index contributed by atoms with van der Waals surface area (Å²) in [6.45, 7) is 0. The Labute approximate surface area is 162 Å². The maximum atomic E-state index is 13.3. The van der Waals surface area contributed by atoms with Crippen LogP contribution in [0, 0.1) is 11.6 Å². The van der Waals surface area contributed by atoms with Crippen LogP contribution in [0.25, 0.3) is 10.9 Å². The van der Waals surface area contributed by atoms with Gasteiger partial charge in [0.15, 0.2) is 0 Å². The summed E-state index contributed by atoms with van der Waals surface area (Å²) >= 11 is 0. The van der Waals surface area contributed by atoms with Crippen LogP contribution < -0.4 is 10.6 Å². The Hall–Kier alpha value is -3.02. The molecule has 0 atom stereocenters. The number of carbonyl (C=O) groups is 1. The largest absolute Gasteiger partial charge is 0.367 e. The summed E-state index contributed by atoms with van der Waals surface area (Å²) in [5, 5.41) is 7.46. The van der Waals surface area contributed by atoms with Gasteiger partial charge in [0.1, 0.15) is 17.5 Å². The number of hydrogen-bond donors (Lipinski definition) is 2. The molecule has 4 nitrogen and oxygen atoms in total. The van der Waals surface area contributed by atoms with Crippen LogP contribution in [-0.2, 0) is 0 Å². The van der Waals surface area contributed by atoms with Gasteiger partial charge in [0, 0.05) is 29.1 Å². The lowest BCUT2D eigenvalue weighted by molar-refractivity contribution is 0.0925. The molecule has 1 aliphatic rings. The highest BCUT2D eigenvalue weighted by molar-refractivity contribution is 5.94. The van der Waals surface area contributed by atoms with Crippen molar-refractivity contribution in [2.75, 3.05) is 5.32 Å². The van der Waals surface area contributed by atoms with Crippen molar-refractivity contribution in [3.05, 3.63) is 71.8 Å². The summed E-state index contributed by atoms with van der Waals surface area (Å²) in [6.07, 6.45) is 3.37. The van der Waals surface area contributed by atoms with Crippen molar-refractivity contribution in [1.82, 2.24) is 10.3 Å². The van der Waals surface area contributed by atoms with E-state index >= 15 is 0 Å². The predicted molar refractivity (Wildman–Crippen MR) is 105 cm³/mol. The van der Waals surface area contributed by atoms with Gasteiger partial charge in [-0.3, -0.25) is 4.79 Å². The van der Waals surface area contributed by atoms with Crippen LogP contribution in [0.3, 0.4) is 0 Å². The number of fused-ring (bicyclic) bond motifs is 1. The zero-order valence-electron chi connectivity index (χ0n) is 15.3. The van der Waals surface area contributed by atoms with Crippen molar-refractivity contribution in [3.63, 3.8) is 0 Å². The molecule has 1 heterocycles. The lowest BCUT2D eigenvalue weighted by Crippen LogP contribution is -2.40. The maximum Gasteiger partial charge on any atom is 0.251 e. The fraction of sp³-hybridized carbons (Fsp3) is 0.273. The molecule has 1 aromatic heterocycles. The highest BCUT2D eigenvalue weighted by Crippen LogP contribution is 2.23. The zero-order chi connectivity index (χ0) is 19.5. The monoisotopic (exact) mass is 381 g/mol. The number of aromatic nitrogens is 1. The first kappa shape index (κ1) is 18.3. The fourth-order valence-corrected chi connectivity index (χ4v) is 3.69. The minimum Gasteiger partial charge on any atom is -0.367 e. The molecule has 0 unspecified atom stereocenters. The Morgan fingerprint density at radius 3 is 2.32 bits per heavy atom. The van der Waals surface area contributed by atoms with Gasteiger partial charge in [-0.25, -0.2) is 13.8 Å². The molecular formula is C22H21F2N3O. The lowest BCUT2D eigenvalue weighted by Gasteiger charge is -2.30. The first-order valence-corrected chi connectivity index (χ1v) is 9.46. The van der Waals surface area contributed by atoms with Gasteiger partial charge in [0.2, 0.25) is 0 Å². The van der Waals surface area contributed by atoms with Crippen LogP contribution in [0.2, 0.25) is 0 Å². The third-order valence-corrected chi connectivity index (χ3v) is 5.14. The van der Waals surface area contributed by atoms with E-state index < -0.39 is 17.5 Å². The Bertz CT molecular complexity index is 980. The summed E-state index contributed by atoms with van der Waals surface area (Å²) < 4.78 is 26.6. The molecule has 144 valence electrons. The first-order chi connectivity index (χ1) is 13.6. The van der Waals surface area contributed by atoms with Crippen molar-refractivity contribution in [2.24, 2.45) is 0 Å². The Balaban J connectivity index is 1.32. The number of hydrogen-bond acceptors (Lipinski definition) is 3. The van der Waals surface area contributed by atoms with Gasteiger partial charge in [-0.05, 0) is 56.0 Å². The van der Waals surface area contributed by atoms with Gasteiger partial charge >= 0.3 is 0 Å². The first-order valence-electron chi connectivity index (χ1n) is 9.46. The fourth-order valence-electron chi connectivity index (χ4n) is 3.69. The van der Waals surface area contributed by atoms with E-state index in [1.807, 2.05) is 30.3 Å². The Kier molecular flexibility index (Phi) is 5.19. The highest BCUT2D eigenvalue weighted by Gasteiger charge is 2.23. The minimum absolute atomic E-state index is 0.00133. The number of anilines is 1. The van der Waals surface area contributed by atoms with E-state index in [-0.39, 0.29) is 17.6 Å². The van der Waals surface area contributed by atoms with Gasteiger partial charge in [-0.2, -0.15) is 0 Å². The van der Waals surface area contributed by atoms with E-state index in [0.717, 1.165) is 60.6 Å². The van der Waals surface area contributed by atoms with Crippen LogP contribution >= 0.6 is 0 Å². The van der Waals surface area contributed by atoms with Crippen molar-refractivity contribution in [2.45, 2.75) is 37.8 Å². The number of carbonyl (C=O) groups excluding carboxylic acids is 1. The molecule has 0 spiro atoms. The topological polar surface area (TPSA) is 54.0 Å². The van der Waals surface area contributed by atoms with Crippen LogP contribution in [0.15, 0.2) is 54.6 Å². The van der Waals surface area contributed by atoms with Crippen LogP contribution in [-0.4, -0.2) is 23.0 Å². The van der Waals surface area contributed by atoms with Crippen LogP contribution in [0.1, 0.15) is 36.0 Å². The van der Waals surface area contributed by atoms with E-state index in [9.17, 15) is 13.6 Å². The molecule has 0 radical (unpaired) electrons. The Morgan fingerprint density at radius 2 is 1.57 bits per heavy atom. The molecular weight excluding hydrogens is 360 g/mol. The number of benzene rings is 2. The predicted octanol–water partition coefficient (Wildman–Crippen LogP) is 4.67. The van der Waals surface area contributed by atoms with E-state index in [1.165, 1.54) is 0 Å². The van der Waals surface area contributed by atoms with Crippen LogP contribution in [0.5, 0.6) is 0 Å². The molecule has 1 fully saturated rings. The quantitative estimate of drug-likeness (QED) is 0.691. The second kappa shape index (κ2) is 7.92. The number of pyridine rings is 1. The molecule has 0 aliphatic heterocycles. The molecule has 2 N–H and O–H groups in total. The zero-order valence-corrected chi connectivity index (χ0v) is 15.3. The smallest absolute Gasteiger partial charge is 0.251 e. The average molecular weight is 381 g/mol. The third-order valence-electron chi connectivity index (χ3n) is 5.14. The number of nitrogens with one attached hydrogen (secondary N) is 2. The Morgan fingerprint density at radius 1 is 0.893 bits per heavy atom. The van der Waals surface area contributed by atoms with Crippen molar-refractivity contribution in [3.8, 4) is 0 Å². The van der Waals surface area contributed by atoms with E-state index in [4.69, 9.17) is 0 Å². The molecule has 1 saturated carbocycles.